The molecule has 3 rings (SSSR count). The second kappa shape index (κ2) is 4.31. The summed E-state index contributed by atoms with van der Waals surface area (Å²) in [6.07, 6.45) is 6.51. The van der Waals surface area contributed by atoms with Crippen molar-refractivity contribution in [2.45, 2.75) is 32.4 Å². The lowest BCUT2D eigenvalue weighted by atomic mass is 9.82. The van der Waals surface area contributed by atoms with Gasteiger partial charge in [0.1, 0.15) is 5.65 Å². The molecule has 4 heteroatoms. The second-order valence-electron chi connectivity index (χ2n) is 5.00. The van der Waals surface area contributed by atoms with Crippen LogP contribution in [0.1, 0.15) is 25.5 Å². The van der Waals surface area contributed by atoms with E-state index in [1.54, 1.807) is 0 Å². The van der Waals surface area contributed by atoms with Crippen LogP contribution in [-0.4, -0.2) is 15.4 Å². The van der Waals surface area contributed by atoms with Crippen LogP contribution in [0.2, 0.25) is 5.02 Å². The van der Waals surface area contributed by atoms with Crippen molar-refractivity contribution in [1.29, 1.82) is 0 Å². The molecular formula is C13H16ClN3. The van der Waals surface area contributed by atoms with Crippen LogP contribution in [0.5, 0.6) is 0 Å². The molecule has 17 heavy (non-hydrogen) atoms. The number of fused-ring (bicyclic) bond motifs is 1. The minimum Gasteiger partial charge on any atom is -0.308 e. The molecule has 1 N–H and O–H groups in total. The van der Waals surface area contributed by atoms with E-state index in [2.05, 4.69) is 17.2 Å². The summed E-state index contributed by atoms with van der Waals surface area (Å²) < 4.78 is 1.97. The fourth-order valence-electron chi connectivity index (χ4n) is 2.42. The molecule has 90 valence electrons. The third kappa shape index (κ3) is 2.31. The van der Waals surface area contributed by atoms with Crippen LogP contribution in [0, 0.1) is 5.92 Å². The first kappa shape index (κ1) is 11.1. The van der Waals surface area contributed by atoms with Gasteiger partial charge in [0.15, 0.2) is 0 Å². The summed E-state index contributed by atoms with van der Waals surface area (Å²) in [6, 6.07) is 4.49. The Bertz CT molecular complexity index is 528. The van der Waals surface area contributed by atoms with Crippen LogP contribution in [0.3, 0.4) is 0 Å². The molecular weight excluding hydrogens is 234 g/mol. The van der Waals surface area contributed by atoms with Crippen LogP contribution in [-0.2, 0) is 6.54 Å². The molecule has 0 spiro atoms. The van der Waals surface area contributed by atoms with Gasteiger partial charge >= 0.3 is 0 Å². The maximum Gasteiger partial charge on any atom is 0.137 e. The highest BCUT2D eigenvalue weighted by Crippen LogP contribution is 2.26. The lowest BCUT2D eigenvalue weighted by molar-refractivity contribution is 0.240. The second-order valence-corrected chi connectivity index (χ2v) is 5.44. The Labute approximate surface area is 106 Å². The summed E-state index contributed by atoms with van der Waals surface area (Å²) >= 11 is 5.94. The highest BCUT2D eigenvalue weighted by molar-refractivity contribution is 6.30. The largest absolute Gasteiger partial charge is 0.308 e. The molecule has 1 aliphatic carbocycles. The summed E-state index contributed by atoms with van der Waals surface area (Å²) in [5, 5.41) is 4.27. The summed E-state index contributed by atoms with van der Waals surface area (Å²) in [7, 11) is 0. The Kier molecular flexibility index (Phi) is 2.81. The fourth-order valence-corrected chi connectivity index (χ4v) is 2.59. The minimum atomic E-state index is 0.679. The van der Waals surface area contributed by atoms with Crippen LogP contribution in [0.25, 0.3) is 5.65 Å². The predicted octanol–water partition coefficient (Wildman–Crippen LogP) is 2.88. The summed E-state index contributed by atoms with van der Waals surface area (Å²) in [4.78, 5) is 4.55. The number of halogens is 1. The average Bonchev–Trinajstić information content (AvgIpc) is 2.64. The molecule has 0 amide bonds. The Morgan fingerprint density at radius 1 is 1.41 bits per heavy atom. The summed E-state index contributed by atoms with van der Waals surface area (Å²) in [5.41, 5.74) is 2.03. The van der Waals surface area contributed by atoms with Crippen LogP contribution in [0.15, 0.2) is 24.5 Å². The normalized spacial score (nSPS) is 23.9. The van der Waals surface area contributed by atoms with E-state index in [1.165, 1.54) is 12.8 Å². The number of aromatic nitrogens is 2. The number of pyridine rings is 1. The van der Waals surface area contributed by atoms with E-state index in [4.69, 9.17) is 11.6 Å². The molecule has 0 aromatic carbocycles. The number of imidazole rings is 1. The number of nitrogens with zero attached hydrogens (tertiary/aromatic N) is 2. The van der Waals surface area contributed by atoms with Crippen LogP contribution < -0.4 is 5.32 Å². The fraction of sp³-hybridized carbons (Fsp3) is 0.462. The molecule has 0 saturated heterocycles. The zero-order valence-electron chi connectivity index (χ0n) is 9.86. The maximum absolute atomic E-state index is 5.94. The molecule has 0 bridgehead atoms. The van der Waals surface area contributed by atoms with E-state index in [0.29, 0.717) is 6.04 Å². The van der Waals surface area contributed by atoms with Gasteiger partial charge in [-0.1, -0.05) is 18.5 Å². The van der Waals surface area contributed by atoms with Gasteiger partial charge in [-0.05, 0) is 30.9 Å². The predicted molar refractivity (Wildman–Crippen MR) is 69.2 cm³/mol. The molecule has 0 radical (unpaired) electrons. The zero-order chi connectivity index (χ0) is 11.8. The van der Waals surface area contributed by atoms with E-state index in [0.717, 1.165) is 28.8 Å². The average molecular weight is 250 g/mol. The lowest BCUT2D eigenvalue weighted by Crippen LogP contribution is -2.39. The van der Waals surface area contributed by atoms with Gasteiger partial charge in [-0.15, -0.1) is 0 Å². The van der Waals surface area contributed by atoms with Crippen molar-refractivity contribution in [2.75, 3.05) is 0 Å². The van der Waals surface area contributed by atoms with Crippen LogP contribution in [0.4, 0.5) is 0 Å². The molecule has 1 fully saturated rings. The van der Waals surface area contributed by atoms with E-state index < -0.39 is 0 Å². The van der Waals surface area contributed by atoms with Crippen molar-refractivity contribution < 1.29 is 0 Å². The molecule has 2 aromatic rings. The highest BCUT2D eigenvalue weighted by atomic mass is 35.5. The summed E-state index contributed by atoms with van der Waals surface area (Å²) in [6.45, 7) is 3.14. The number of hydrogen-bond acceptors (Lipinski definition) is 2. The first-order valence-corrected chi connectivity index (χ1v) is 6.45. The molecule has 1 aliphatic rings. The molecule has 0 unspecified atom stereocenters. The summed E-state index contributed by atoms with van der Waals surface area (Å²) in [5.74, 6) is 0.882. The molecule has 0 aliphatic heterocycles. The van der Waals surface area contributed by atoms with Crippen molar-refractivity contribution in [3.05, 3.63) is 35.2 Å². The third-order valence-corrected chi connectivity index (χ3v) is 3.63. The van der Waals surface area contributed by atoms with Gasteiger partial charge < -0.3 is 9.72 Å². The molecule has 2 aromatic heterocycles. The van der Waals surface area contributed by atoms with E-state index in [1.807, 2.05) is 28.9 Å². The topological polar surface area (TPSA) is 29.3 Å². The highest BCUT2D eigenvalue weighted by Gasteiger charge is 2.24. The SMILES string of the molecule is CC1CC(NCc2cn3cc(Cl)ccc3n2)C1. The Morgan fingerprint density at radius 3 is 3.00 bits per heavy atom. The molecule has 1 saturated carbocycles. The van der Waals surface area contributed by atoms with Crippen LogP contribution >= 0.6 is 11.6 Å². The zero-order valence-corrected chi connectivity index (χ0v) is 10.6. The molecule has 0 atom stereocenters. The lowest BCUT2D eigenvalue weighted by Gasteiger charge is -2.33. The maximum atomic E-state index is 5.94. The smallest absolute Gasteiger partial charge is 0.137 e. The van der Waals surface area contributed by atoms with Gasteiger partial charge in [0.25, 0.3) is 0 Å². The molecule has 3 nitrogen and oxygen atoms in total. The van der Waals surface area contributed by atoms with Gasteiger partial charge in [-0.25, -0.2) is 4.98 Å². The Balaban J connectivity index is 1.68. The third-order valence-electron chi connectivity index (χ3n) is 3.41. The van der Waals surface area contributed by atoms with E-state index in [9.17, 15) is 0 Å². The van der Waals surface area contributed by atoms with E-state index in [-0.39, 0.29) is 0 Å². The monoisotopic (exact) mass is 249 g/mol. The first-order valence-electron chi connectivity index (χ1n) is 6.07. The van der Waals surface area contributed by atoms with Crippen molar-refractivity contribution in [2.24, 2.45) is 5.92 Å². The van der Waals surface area contributed by atoms with Gasteiger partial charge in [-0.3, -0.25) is 0 Å². The van der Waals surface area contributed by atoms with Gasteiger partial charge in [0.05, 0.1) is 10.7 Å². The first-order chi connectivity index (χ1) is 8.20. The quantitative estimate of drug-likeness (QED) is 0.907. The number of hydrogen-bond donors (Lipinski definition) is 1. The Morgan fingerprint density at radius 2 is 2.24 bits per heavy atom. The standard InChI is InChI=1S/C13H16ClN3/c1-9-4-11(5-9)15-6-12-8-17-7-10(14)2-3-13(17)16-12/h2-3,7-9,11,15H,4-6H2,1H3. The van der Waals surface area contributed by atoms with Gasteiger partial charge in [0, 0.05) is 25.0 Å². The Hall–Kier alpha value is -1.06. The minimum absolute atomic E-state index is 0.679. The van der Waals surface area contributed by atoms with Crippen molar-refractivity contribution in [3.8, 4) is 0 Å². The number of rotatable bonds is 3. The van der Waals surface area contributed by atoms with Crippen molar-refractivity contribution in [1.82, 2.24) is 14.7 Å². The van der Waals surface area contributed by atoms with Crippen molar-refractivity contribution in [3.63, 3.8) is 0 Å². The van der Waals surface area contributed by atoms with Gasteiger partial charge in [-0.2, -0.15) is 0 Å². The van der Waals surface area contributed by atoms with Crippen molar-refractivity contribution >= 4 is 17.2 Å². The van der Waals surface area contributed by atoms with Gasteiger partial charge in [0.2, 0.25) is 0 Å². The molecule has 2 heterocycles. The number of nitrogens with one attached hydrogen (secondary N) is 1. The van der Waals surface area contributed by atoms with E-state index >= 15 is 0 Å².